The zero-order chi connectivity index (χ0) is 35.3. The molecule has 0 atom stereocenters. The molecule has 50 heavy (non-hydrogen) atoms. The fourth-order valence-electron chi connectivity index (χ4n) is 4.86. The molecule has 3 aromatic heterocycles. The van der Waals surface area contributed by atoms with E-state index in [9.17, 15) is 32.7 Å². The van der Waals surface area contributed by atoms with Gasteiger partial charge in [-0.15, -0.1) is 11.3 Å². The average Bonchev–Trinajstić information content (AvgIpc) is 3.73. The lowest BCUT2D eigenvalue weighted by molar-refractivity contribution is -0.134. The lowest BCUT2D eigenvalue weighted by Gasteiger charge is -2.22. The van der Waals surface area contributed by atoms with Crippen LogP contribution in [0.2, 0.25) is 0 Å². The highest BCUT2D eigenvalue weighted by Gasteiger charge is 2.24. The van der Waals surface area contributed by atoms with Crippen molar-refractivity contribution < 1.29 is 32.6 Å². The number of rotatable bonds is 11. The number of H-pyrrole nitrogens is 1. The molecule has 0 aliphatic rings. The fraction of sp³-hybridized carbons (Fsp3) is 0.129. The number of para-hydroxylation sites is 1. The summed E-state index contributed by atoms with van der Waals surface area (Å²) in [5, 5.41) is 12.4. The molecule has 0 fully saturated rings. The standard InChI is InChI=1S/C31H27N9O8S2/c41-23(40(38-29(43)44)16-15-33-50(46,47)31-34-21-13-7-8-14-22(21)49-31)17-39-18-32-24-26(39)35-28(36-27(24)42)37-30(45)48-25(19-9-3-1-4-10-19)20-11-5-2-6-12-20/h1-14,18,25,33,38H,15-17H2,(H,43,44)(H2,35,36,37,42,45). The Kier molecular flexibility index (Phi) is 9.79. The third-order valence-electron chi connectivity index (χ3n) is 7.09. The molecule has 0 radical (unpaired) electrons. The van der Waals surface area contributed by atoms with Crippen LogP contribution in [-0.4, -0.2) is 74.2 Å². The predicted molar refractivity (Wildman–Crippen MR) is 181 cm³/mol. The fourth-order valence-corrected chi connectivity index (χ4v) is 7.14. The lowest BCUT2D eigenvalue weighted by atomic mass is 10.0. The number of anilines is 1. The van der Waals surface area contributed by atoms with Crippen molar-refractivity contribution in [3.05, 3.63) is 113 Å². The van der Waals surface area contributed by atoms with Crippen molar-refractivity contribution in [2.24, 2.45) is 0 Å². The van der Waals surface area contributed by atoms with Crippen molar-refractivity contribution in [2.75, 3.05) is 18.4 Å². The zero-order valence-corrected chi connectivity index (χ0v) is 27.3. The van der Waals surface area contributed by atoms with E-state index in [2.05, 4.69) is 30.0 Å². The second-order valence-corrected chi connectivity index (χ2v) is 13.5. The number of fused-ring (bicyclic) bond motifs is 2. The van der Waals surface area contributed by atoms with Gasteiger partial charge < -0.3 is 14.4 Å². The number of nitrogens with zero attached hydrogens (tertiary/aromatic N) is 5. The first-order chi connectivity index (χ1) is 24.1. The van der Waals surface area contributed by atoms with Gasteiger partial charge in [-0.2, -0.15) is 4.98 Å². The molecular formula is C31H27N9O8S2. The second-order valence-electron chi connectivity index (χ2n) is 10.5. The molecule has 0 aliphatic carbocycles. The van der Waals surface area contributed by atoms with Crippen molar-refractivity contribution in [2.45, 2.75) is 17.0 Å². The molecule has 19 heteroatoms. The van der Waals surface area contributed by atoms with E-state index in [1.807, 2.05) is 17.6 Å². The van der Waals surface area contributed by atoms with Crippen LogP contribution in [0.25, 0.3) is 21.4 Å². The molecule has 6 aromatic rings. The second kappa shape index (κ2) is 14.5. The highest BCUT2D eigenvalue weighted by Crippen LogP contribution is 2.27. The molecule has 0 spiro atoms. The van der Waals surface area contributed by atoms with Crippen LogP contribution in [0.1, 0.15) is 17.2 Å². The molecule has 5 N–H and O–H groups in total. The van der Waals surface area contributed by atoms with Gasteiger partial charge >= 0.3 is 12.2 Å². The number of carbonyl (C=O) groups excluding carboxylic acids is 2. The maximum Gasteiger partial charge on any atom is 0.423 e. The molecule has 3 aromatic carbocycles. The molecular weight excluding hydrogens is 691 g/mol. The van der Waals surface area contributed by atoms with E-state index in [4.69, 9.17) is 4.74 Å². The van der Waals surface area contributed by atoms with Gasteiger partial charge in [-0.05, 0) is 23.3 Å². The maximum atomic E-state index is 13.2. The van der Waals surface area contributed by atoms with Crippen molar-refractivity contribution >= 4 is 66.8 Å². The van der Waals surface area contributed by atoms with Crippen LogP contribution in [-0.2, 0) is 26.1 Å². The number of aromatic amines is 1. The third kappa shape index (κ3) is 7.75. The van der Waals surface area contributed by atoms with Crippen LogP contribution in [0, 0.1) is 0 Å². The molecule has 0 saturated carbocycles. The Morgan fingerprint density at radius 2 is 1.62 bits per heavy atom. The summed E-state index contributed by atoms with van der Waals surface area (Å²) in [5.74, 6) is -1.14. The average molecular weight is 718 g/mol. The number of aromatic nitrogens is 5. The van der Waals surface area contributed by atoms with Crippen LogP contribution < -0.4 is 21.0 Å². The number of imidazole rings is 1. The van der Waals surface area contributed by atoms with Crippen molar-refractivity contribution in [1.82, 2.24) is 39.7 Å². The van der Waals surface area contributed by atoms with Crippen LogP contribution in [0.5, 0.6) is 0 Å². The van der Waals surface area contributed by atoms with Gasteiger partial charge in [-0.25, -0.2) is 43.1 Å². The molecule has 3 heterocycles. The van der Waals surface area contributed by atoms with Gasteiger partial charge in [0.2, 0.25) is 10.3 Å². The van der Waals surface area contributed by atoms with E-state index in [1.165, 1.54) is 4.57 Å². The van der Waals surface area contributed by atoms with E-state index in [0.29, 0.717) is 26.4 Å². The minimum atomic E-state index is -4.07. The molecule has 6 rings (SSSR count). The number of sulfonamides is 1. The summed E-state index contributed by atoms with van der Waals surface area (Å²) < 4.78 is 35.3. The Balaban J connectivity index is 1.15. The van der Waals surface area contributed by atoms with Crippen molar-refractivity contribution in [3.63, 3.8) is 0 Å². The summed E-state index contributed by atoms with van der Waals surface area (Å²) in [6, 6.07) is 24.9. The number of amides is 3. The van der Waals surface area contributed by atoms with Gasteiger partial charge in [0.1, 0.15) is 6.54 Å². The number of hydrogen-bond acceptors (Lipinski definition) is 11. The third-order valence-corrected chi connectivity index (χ3v) is 9.97. The molecule has 17 nitrogen and oxygen atoms in total. The van der Waals surface area contributed by atoms with Crippen molar-refractivity contribution in [3.8, 4) is 0 Å². The molecule has 0 bridgehead atoms. The smallest absolute Gasteiger partial charge is 0.423 e. The maximum absolute atomic E-state index is 13.2. The topological polar surface area (TPSA) is 231 Å². The van der Waals surface area contributed by atoms with Gasteiger partial charge in [-0.3, -0.25) is 19.9 Å². The van der Waals surface area contributed by atoms with Crippen LogP contribution >= 0.6 is 11.3 Å². The molecule has 256 valence electrons. The van der Waals surface area contributed by atoms with Crippen molar-refractivity contribution in [1.29, 1.82) is 0 Å². The van der Waals surface area contributed by atoms with Gasteiger partial charge in [0.15, 0.2) is 17.3 Å². The monoisotopic (exact) mass is 717 g/mol. The summed E-state index contributed by atoms with van der Waals surface area (Å²) in [7, 11) is -4.07. The Hall–Kier alpha value is -6.18. The number of ether oxygens (including phenoxy) is 1. The van der Waals surface area contributed by atoms with Crippen LogP contribution in [0.15, 0.2) is 100 Å². The Morgan fingerprint density at radius 1 is 0.960 bits per heavy atom. The highest BCUT2D eigenvalue weighted by atomic mass is 32.2. The Labute approximate surface area is 286 Å². The number of carboxylic acid groups (broad SMARTS) is 1. The van der Waals surface area contributed by atoms with E-state index in [1.54, 1.807) is 72.8 Å². The quantitative estimate of drug-likeness (QED) is 0.122. The summed E-state index contributed by atoms with van der Waals surface area (Å²) in [6.45, 7) is -1.33. The number of benzene rings is 3. The number of hydrogen-bond donors (Lipinski definition) is 5. The zero-order valence-electron chi connectivity index (χ0n) is 25.7. The summed E-state index contributed by atoms with van der Waals surface area (Å²) in [4.78, 5) is 65.3. The highest BCUT2D eigenvalue weighted by molar-refractivity contribution is 7.91. The van der Waals surface area contributed by atoms with E-state index in [0.717, 1.165) is 17.7 Å². The van der Waals surface area contributed by atoms with E-state index < -0.39 is 52.9 Å². The largest absolute Gasteiger partial charge is 0.464 e. The Bertz CT molecular complexity index is 2270. The number of hydrazine groups is 1. The number of carbonyl (C=O) groups is 3. The first-order valence-corrected chi connectivity index (χ1v) is 17.1. The van der Waals surface area contributed by atoms with Gasteiger partial charge in [0.05, 0.1) is 23.1 Å². The molecule has 0 unspecified atom stereocenters. The van der Waals surface area contributed by atoms with Crippen LogP contribution in [0.3, 0.4) is 0 Å². The molecule has 0 saturated heterocycles. The summed E-state index contributed by atoms with van der Waals surface area (Å²) in [6.07, 6.45) is -2.15. The summed E-state index contributed by atoms with van der Waals surface area (Å²) >= 11 is 0.959. The molecule has 3 amide bonds. The minimum absolute atomic E-state index is 0.105. The van der Waals surface area contributed by atoms with Gasteiger partial charge in [0, 0.05) is 6.54 Å². The van der Waals surface area contributed by atoms with Gasteiger partial charge in [0.25, 0.3) is 21.5 Å². The van der Waals surface area contributed by atoms with Gasteiger partial charge in [-0.1, -0.05) is 72.8 Å². The predicted octanol–water partition coefficient (Wildman–Crippen LogP) is 3.06. The number of thiazole rings is 1. The first-order valence-electron chi connectivity index (χ1n) is 14.8. The van der Waals surface area contributed by atoms with E-state index >= 15 is 0 Å². The van der Waals surface area contributed by atoms with E-state index in [-0.39, 0.29) is 28.0 Å². The summed E-state index contributed by atoms with van der Waals surface area (Å²) in [5.41, 5.74) is 2.84. The minimum Gasteiger partial charge on any atom is -0.464 e. The lowest BCUT2D eigenvalue weighted by Crippen LogP contribution is -2.50. The normalized spacial score (nSPS) is 11.5. The molecule has 0 aliphatic heterocycles. The first kappa shape index (κ1) is 33.7. The SMILES string of the molecule is O=C(O)NN(CCNS(=O)(=O)c1nc2ccccc2s1)C(=O)Cn1cnc2c(=O)[nH]c(NC(=O)OC(c3ccccc3)c3ccccc3)nc21. The number of nitrogens with one attached hydrogen (secondary N) is 4. The Morgan fingerprint density at radius 3 is 2.28 bits per heavy atom. The van der Waals surface area contributed by atoms with Crippen LogP contribution in [0.4, 0.5) is 15.5 Å².